The molecular formula is C14H20N2O4S. The summed E-state index contributed by atoms with van der Waals surface area (Å²) in [6, 6.07) is 4.39. The van der Waals surface area contributed by atoms with E-state index in [2.05, 4.69) is 5.32 Å². The number of hydrogen-bond donors (Lipinski definition) is 2. The number of rotatable bonds is 5. The number of amides is 1. The SMILES string of the molecule is CCCCNC(=O)C1CCOc2ccc(S(N)(=O)=O)cc21. The number of fused-ring (bicyclic) bond motifs is 1. The predicted molar refractivity (Wildman–Crippen MR) is 78.6 cm³/mol. The molecule has 0 aliphatic carbocycles. The van der Waals surface area contributed by atoms with Gasteiger partial charge in [0.15, 0.2) is 0 Å². The lowest BCUT2D eigenvalue weighted by Crippen LogP contribution is -2.33. The molecule has 1 aromatic carbocycles. The Labute approximate surface area is 124 Å². The van der Waals surface area contributed by atoms with E-state index in [1.54, 1.807) is 6.07 Å². The minimum absolute atomic E-state index is 0.00175. The van der Waals surface area contributed by atoms with E-state index in [4.69, 9.17) is 9.88 Å². The van der Waals surface area contributed by atoms with Crippen LogP contribution < -0.4 is 15.2 Å². The molecule has 0 saturated carbocycles. The number of nitrogens with two attached hydrogens (primary N) is 1. The molecule has 1 unspecified atom stereocenters. The van der Waals surface area contributed by atoms with Gasteiger partial charge < -0.3 is 10.1 Å². The lowest BCUT2D eigenvalue weighted by Gasteiger charge is -2.25. The van der Waals surface area contributed by atoms with Crippen LogP contribution in [0.3, 0.4) is 0 Å². The van der Waals surface area contributed by atoms with Crippen molar-refractivity contribution in [2.45, 2.75) is 37.0 Å². The summed E-state index contributed by atoms with van der Waals surface area (Å²) < 4.78 is 28.4. The first kappa shape index (κ1) is 15.8. The minimum atomic E-state index is -3.79. The van der Waals surface area contributed by atoms with Crippen molar-refractivity contribution in [3.63, 3.8) is 0 Å². The van der Waals surface area contributed by atoms with Gasteiger partial charge in [-0.1, -0.05) is 13.3 Å². The fraction of sp³-hybridized carbons (Fsp3) is 0.500. The van der Waals surface area contributed by atoms with E-state index in [1.807, 2.05) is 6.92 Å². The molecule has 0 radical (unpaired) electrons. The van der Waals surface area contributed by atoms with Gasteiger partial charge in [-0.25, -0.2) is 13.6 Å². The van der Waals surface area contributed by atoms with Crippen LogP contribution in [-0.4, -0.2) is 27.5 Å². The third kappa shape index (κ3) is 3.74. The number of carbonyl (C=O) groups excluding carboxylic acids is 1. The summed E-state index contributed by atoms with van der Waals surface area (Å²) in [5.74, 6) is 0.0520. The monoisotopic (exact) mass is 312 g/mol. The Morgan fingerprint density at radius 3 is 2.90 bits per heavy atom. The van der Waals surface area contributed by atoms with Gasteiger partial charge >= 0.3 is 0 Å². The number of primary sulfonamides is 1. The summed E-state index contributed by atoms with van der Waals surface area (Å²) >= 11 is 0. The molecule has 3 N–H and O–H groups in total. The molecule has 116 valence electrons. The maximum atomic E-state index is 12.2. The van der Waals surface area contributed by atoms with Gasteiger partial charge in [-0.3, -0.25) is 4.79 Å². The fourth-order valence-electron chi connectivity index (χ4n) is 2.33. The van der Waals surface area contributed by atoms with E-state index in [9.17, 15) is 13.2 Å². The Hall–Kier alpha value is -1.60. The molecule has 1 aliphatic heterocycles. The molecule has 6 nitrogen and oxygen atoms in total. The molecule has 21 heavy (non-hydrogen) atoms. The number of ether oxygens (including phenoxy) is 1. The second kappa shape index (κ2) is 6.44. The van der Waals surface area contributed by atoms with Gasteiger partial charge in [-0.05, 0) is 31.0 Å². The average Bonchev–Trinajstić information content (AvgIpc) is 2.45. The van der Waals surface area contributed by atoms with Crippen LogP contribution in [0.5, 0.6) is 5.75 Å². The molecule has 1 aromatic rings. The third-order valence-electron chi connectivity index (χ3n) is 3.50. The second-order valence-corrected chi connectivity index (χ2v) is 6.64. The van der Waals surface area contributed by atoms with E-state index in [1.165, 1.54) is 12.1 Å². The van der Waals surface area contributed by atoms with Gasteiger partial charge in [0.1, 0.15) is 5.75 Å². The van der Waals surface area contributed by atoms with Gasteiger partial charge in [0.05, 0.1) is 17.4 Å². The van der Waals surface area contributed by atoms with Crippen LogP contribution in [0.1, 0.15) is 37.7 Å². The highest BCUT2D eigenvalue weighted by Gasteiger charge is 2.28. The molecule has 0 aromatic heterocycles. The molecule has 2 rings (SSSR count). The Bertz CT molecular complexity index is 628. The standard InChI is InChI=1S/C14H20N2O4S/c1-2-3-7-16-14(17)11-6-8-20-13-5-4-10(9-12(11)13)21(15,18)19/h4-5,9,11H,2-3,6-8H2,1H3,(H,16,17)(H2,15,18,19). The number of unbranched alkanes of at least 4 members (excludes halogenated alkanes) is 1. The van der Waals surface area contributed by atoms with Gasteiger partial charge in [0.25, 0.3) is 0 Å². The summed E-state index contributed by atoms with van der Waals surface area (Å²) in [7, 11) is -3.79. The highest BCUT2D eigenvalue weighted by Crippen LogP contribution is 2.35. The molecule has 1 aliphatic rings. The summed E-state index contributed by atoms with van der Waals surface area (Å²) in [6.07, 6.45) is 2.44. The van der Waals surface area contributed by atoms with E-state index < -0.39 is 15.9 Å². The number of carbonyl (C=O) groups is 1. The van der Waals surface area contributed by atoms with Crippen molar-refractivity contribution in [1.82, 2.24) is 5.32 Å². The number of sulfonamides is 1. The number of hydrogen-bond acceptors (Lipinski definition) is 4. The maximum absolute atomic E-state index is 12.2. The zero-order valence-corrected chi connectivity index (χ0v) is 12.8. The van der Waals surface area contributed by atoms with Crippen LogP contribution in [0.25, 0.3) is 0 Å². The molecule has 1 atom stereocenters. The van der Waals surface area contributed by atoms with Crippen molar-refractivity contribution in [3.05, 3.63) is 23.8 Å². The molecule has 0 bridgehead atoms. The van der Waals surface area contributed by atoms with E-state index in [0.29, 0.717) is 30.9 Å². The van der Waals surface area contributed by atoms with Crippen molar-refractivity contribution in [2.24, 2.45) is 5.14 Å². The minimum Gasteiger partial charge on any atom is -0.493 e. The largest absolute Gasteiger partial charge is 0.493 e. The zero-order valence-electron chi connectivity index (χ0n) is 12.0. The Morgan fingerprint density at radius 2 is 2.24 bits per heavy atom. The molecule has 7 heteroatoms. The first-order valence-electron chi connectivity index (χ1n) is 7.00. The molecular weight excluding hydrogens is 292 g/mol. The summed E-state index contributed by atoms with van der Waals surface area (Å²) in [4.78, 5) is 12.2. The maximum Gasteiger partial charge on any atom is 0.238 e. The van der Waals surface area contributed by atoms with E-state index in [-0.39, 0.29) is 10.8 Å². The van der Waals surface area contributed by atoms with Crippen LogP contribution in [0.15, 0.2) is 23.1 Å². The van der Waals surface area contributed by atoms with Gasteiger partial charge in [-0.15, -0.1) is 0 Å². The Kier molecular flexibility index (Phi) is 4.84. The first-order chi connectivity index (χ1) is 9.93. The topological polar surface area (TPSA) is 98.5 Å². The highest BCUT2D eigenvalue weighted by atomic mass is 32.2. The van der Waals surface area contributed by atoms with Crippen LogP contribution >= 0.6 is 0 Å². The van der Waals surface area contributed by atoms with Gasteiger partial charge in [0, 0.05) is 12.1 Å². The smallest absolute Gasteiger partial charge is 0.238 e. The van der Waals surface area contributed by atoms with Crippen molar-refractivity contribution in [2.75, 3.05) is 13.2 Å². The van der Waals surface area contributed by atoms with Crippen LogP contribution in [0, 0.1) is 0 Å². The van der Waals surface area contributed by atoms with Crippen LogP contribution in [-0.2, 0) is 14.8 Å². The lowest BCUT2D eigenvalue weighted by molar-refractivity contribution is -0.123. The predicted octanol–water partition coefficient (Wildman–Crippen LogP) is 1.12. The Balaban J connectivity index is 2.26. The summed E-state index contributed by atoms with van der Waals surface area (Å²) in [6.45, 7) is 3.11. The van der Waals surface area contributed by atoms with Crippen molar-refractivity contribution in [1.29, 1.82) is 0 Å². The Morgan fingerprint density at radius 1 is 1.48 bits per heavy atom. The van der Waals surface area contributed by atoms with Crippen LogP contribution in [0.4, 0.5) is 0 Å². The average molecular weight is 312 g/mol. The molecule has 0 saturated heterocycles. The van der Waals surface area contributed by atoms with E-state index >= 15 is 0 Å². The van der Waals surface area contributed by atoms with Crippen LogP contribution in [0.2, 0.25) is 0 Å². The quantitative estimate of drug-likeness (QED) is 0.796. The molecule has 0 spiro atoms. The molecule has 1 amide bonds. The number of nitrogens with one attached hydrogen (secondary N) is 1. The summed E-state index contributed by atoms with van der Waals surface area (Å²) in [5.41, 5.74) is 0.585. The highest BCUT2D eigenvalue weighted by molar-refractivity contribution is 7.89. The fourth-order valence-corrected chi connectivity index (χ4v) is 2.88. The normalized spacial score (nSPS) is 17.7. The summed E-state index contributed by atoms with van der Waals surface area (Å²) in [5, 5.41) is 8.02. The lowest BCUT2D eigenvalue weighted by atomic mass is 9.92. The molecule has 1 heterocycles. The molecule has 0 fully saturated rings. The van der Waals surface area contributed by atoms with Gasteiger partial charge in [-0.2, -0.15) is 0 Å². The van der Waals surface area contributed by atoms with E-state index in [0.717, 1.165) is 12.8 Å². The second-order valence-electron chi connectivity index (χ2n) is 5.08. The number of benzene rings is 1. The zero-order chi connectivity index (χ0) is 15.5. The van der Waals surface area contributed by atoms with Crippen molar-refractivity contribution >= 4 is 15.9 Å². The first-order valence-corrected chi connectivity index (χ1v) is 8.55. The van der Waals surface area contributed by atoms with Crippen molar-refractivity contribution < 1.29 is 17.9 Å². The third-order valence-corrected chi connectivity index (χ3v) is 4.41. The van der Waals surface area contributed by atoms with Crippen molar-refractivity contribution in [3.8, 4) is 5.75 Å². The van der Waals surface area contributed by atoms with Gasteiger partial charge in [0.2, 0.25) is 15.9 Å².